The maximum absolute atomic E-state index is 12.4. The summed E-state index contributed by atoms with van der Waals surface area (Å²) < 4.78 is 1.00. The number of thiophene rings is 1. The standard InChI is InChI=1S/C14H16BrNO3S/c1-16(7-10-6-9(15)8-20-10)13(17)11-4-2-3-5-12(11)14(18)19/h2-3,6,8,11-12H,4-5,7H2,1H3,(H,18,19)/t11-,12+/m1/s1. The smallest absolute Gasteiger partial charge is 0.307 e. The summed E-state index contributed by atoms with van der Waals surface area (Å²) in [6.07, 6.45) is 4.69. The van der Waals surface area contributed by atoms with E-state index < -0.39 is 17.8 Å². The van der Waals surface area contributed by atoms with Crippen molar-refractivity contribution in [3.8, 4) is 0 Å². The van der Waals surface area contributed by atoms with E-state index in [1.807, 2.05) is 23.6 Å². The number of carbonyl (C=O) groups is 2. The Hall–Kier alpha value is -1.14. The van der Waals surface area contributed by atoms with E-state index in [1.165, 1.54) is 0 Å². The fourth-order valence-corrected chi connectivity index (χ4v) is 3.89. The predicted molar refractivity (Wildman–Crippen MR) is 81.5 cm³/mol. The number of aliphatic carboxylic acids is 1. The number of carbonyl (C=O) groups excluding carboxylic acids is 1. The molecule has 1 amide bonds. The number of hydrogen-bond acceptors (Lipinski definition) is 3. The Morgan fingerprint density at radius 3 is 2.60 bits per heavy atom. The Morgan fingerprint density at radius 2 is 2.05 bits per heavy atom. The third-order valence-corrected chi connectivity index (χ3v) is 5.14. The van der Waals surface area contributed by atoms with E-state index in [4.69, 9.17) is 0 Å². The summed E-state index contributed by atoms with van der Waals surface area (Å²) in [7, 11) is 1.73. The lowest BCUT2D eigenvalue weighted by molar-refractivity contribution is -0.150. The van der Waals surface area contributed by atoms with Gasteiger partial charge in [0.05, 0.1) is 18.4 Å². The molecule has 1 N–H and O–H groups in total. The van der Waals surface area contributed by atoms with Gasteiger partial charge < -0.3 is 10.0 Å². The summed E-state index contributed by atoms with van der Waals surface area (Å²) in [6.45, 7) is 0.516. The van der Waals surface area contributed by atoms with Crippen molar-refractivity contribution >= 4 is 39.1 Å². The molecule has 1 heterocycles. The van der Waals surface area contributed by atoms with E-state index in [0.717, 1.165) is 9.35 Å². The van der Waals surface area contributed by atoms with Gasteiger partial charge in [0.2, 0.25) is 5.91 Å². The van der Waals surface area contributed by atoms with Crippen LogP contribution in [0.25, 0.3) is 0 Å². The monoisotopic (exact) mass is 357 g/mol. The van der Waals surface area contributed by atoms with E-state index in [1.54, 1.807) is 23.3 Å². The number of rotatable bonds is 4. The minimum Gasteiger partial charge on any atom is -0.481 e. The van der Waals surface area contributed by atoms with Gasteiger partial charge in [-0.15, -0.1) is 11.3 Å². The Kier molecular flexibility index (Phi) is 4.99. The maximum Gasteiger partial charge on any atom is 0.307 e. The van der Waals surface area contributed by atoms with Crippen LogP contribution in [0.15, 0.2) is 28.1 Å². The summed E-state index contributed by atoms with van der Waals surface area (Å²) in [6, 6.07) is 1.98. The zero-order valence-electron chi connectivity index (χ0n) is 11.1. The molecule has 1 aromatic heterocycles. The first-order chi connectivity index (χ1) is 9.49. The van der Waals surface area contributed by atoms with Crippen LogP contribution in [0.2, 0.25) is 0 Å². The number of amides is 1. The molecule has 0 spiro atoms. The van der Waals surface area contributed by atoms with E-state index in [9.17, 15) is 14.7 Å². The molecule has 1 aliphatic rings. The molecular formula is C14H16BrNO3S. The highest BCUT2D eigenvalue weighted by Crippen LogP contribution is 2.28. The summed E-state index contributed by atoms with van der Waals surface area (Å²) in [4.78, 5) is 26.4. The zero-order valence-corrected chi connectivity index (χ0v) is 13.5. The van der Waals surface area contributed by atoms with Crippen LogP contribution in [0.5, 0.6) is 0 Å². The number of allylic oxidation sites excluding steroid dienone is 2. The molecule has 0 aromatic carbocycles. The van der Waals surface area contributed by atoms with Crippen LogP contribution in [-0.4, -0.2) is 28.9 Å². The lowest BCUT2D eigenvalue weighted by Gasteiger charge is -2.28. The van der Waals surface area contributed by atoms with Crippen LogP contribution in [-0.2, 0) is 16.1 Å². The lowest BCUT2D eigenvalue weighted by Crippen LogP contribution is -2.39. The summed E-state index contributed by atoms with van der Waals surface area (Å²) in [5.74, 6) is -2.04. The van der Waals surface area contributed by atoms with Gasteiger partial charge in [-0.2, -0.15) is 0 Å². The molecular weight excluding hydrogens is 342 g/mol. The number of nitrogens with zero attached hydrogens (tertiary/aromatic N) is 1. The molecule has 20 heavy (non-hydrogen) atoms. The van der Waals surface area contributed by atoms with Gasteiger partial charge in [-0.1, -0.05) is 12.2 Å². The molecule has 6 heteroatoms. The first-order valence-corrected chi connectivity index (χ1v) is 8.02. The average Bonchev–Trinajstić information content (AvgIpc) is 2.83. The van der Waals surface area contributed by atoms with Crippen molar-refractivity contribution < 1.29 is 14.7 Å². The van der Waals surface area contributed by atoms with E-state index in [2.05, 4.69) is 15.9 Å². The van der Waals surface area contributed by atoms with Crippen molar-refractivity contribution in [1.82, 2.24) is 4.90 Å². The van der Waals surface area contributed by atoms with Crippen LogP contribution in [0.1, 0.15) is 17.7 Å². The Balaban J connectivity index is 2.05. The first-order valence-electron chi connectivity index (χ1n) is 6.34. The van der Waals surface area contributed by atoms with Gasteiger partial charge in [0, 0.05) is 21.8 Å². The van der Waals surface area contributed by atoms with Gasteiger partial charge in [-0.25, -0.2) is 0 Å². The predicted octanol–water partition coefficient (Wildman–Crippen LogP) is 3.14. The second kappa shape index (κ2) is 6.54. The third-order valence-electron chi connectivity index (χ3n) is 3.46. The third kappa shape index (κ3) is 3.49. The molecule has 0 unspecified atom stereocenters. The van der Waals surface area contributed by atoms with Crippen molar-refractivity contribution in [1.29, 1.82) is 0 Å². The number of halogens is 1. The average molecular weight is 358 g/mol. The highest BCUT2D eigenvalue weighted by Gasteiger charge is 2.35. The van der Waals surface area contributed by atoms with Crippen LogP contribution in [0.3, 0.4) is 0 Å². The molecule has 1 aromatic rings. The number of carboxylic acid groups (broad SMARTS) is 1. The van der Waals surface area contributed by atoms with Gasteiger partial charge in [-0.05, 0) is 34.8 Å². The van der Waals surface area contributed by atoms with Gasteiger partial charge in [0.15, 0.2) is 0 Å². The van der Waals surface area contributed by atoms with Gasteiger partial charge in [0.25, 0.3) is 0 Å². The molecule has 2 atom stereocenters. The molecule has 1 aliphatic carbocycles. The van der Waals surface area contributed by atoms with Crippen LogP contribution in [0.4, 0.5) is 0 Å². The van der Waals surface area contributed by atoms with Gasteiger partial charge >= 0.3 is 5.97 Å². The van der Waals surface area contributed by atoms with Crippen LogP contribution in [0, 0.1) is 11.8 Å². The van der Waals surface area contributed by atoms with Gasteiger partial charge in [0.1, 0.15) is 0 Å². The van der Waals surface area contributed by atoms with E-state index in [0.29, 0.717) is 19.4 Å². The summed E-state index contributed by atoms with van der Waals surface area (Å²) >= 11 is 4.96. The van der Waals surface area contributed by atoms with Crippen LogP contribution >= 0.6 is 27.3 Å². The highest BCUT2D eigenvalue weighted by molar-refractivity contribution is 9.10. The highest BCUT2D eigenvalue weighted by atomic mass is 79.9. The van der Waals surface area contributed by atoms with Crippen molar-refractivity contribution in [3.05, 3.63) is 32.9 Å². The van der Waals surface area contributed by atoms with Crippen molar-refractivity contribution in [2.45, 2.75) is 19.4 Å². The zero-order chi connectivity index (χ0) is 14.7. The minimum absolute atomic E-state index is 0.0914. The summed E-state index contributed by atoms with van der Waals surface area (Å²) in [5, 5.41) is 11.2. The van der Waals surface area contributed by atoms with Crippen molar-refractivity contribution in [2.75, 3.05) is 7.05 Å². The molecule has 0 saturated carbocycles. The van der Waals surface area contributed by atoms with Crippen LogP contribution < -0.4 is 0 Å². The SMILES string of the molecule is CN(Cc1cc(Br)cs1)C(=O)[C@@H]1CC=CC[C@@H]1C(=O)O. The molecule has 0 aliphatic heterocycles. The van der Waals surface area contributed by atoms with Gasteiger partial charge in [-0.3, -0.25) is 9.59 Å². The molecule has 108 valence electrons. The molecule has 0 saturated heterocycles. The number of hydrogen-bond donors (Lipinski definition) is 1. The van der Waals surface area contributed by atoms with Crippen molar-refractivity contribution in [2.24, 2.45) is 11.8 Å². The molecule has 0 radical (unpaired) electrons. The summed E-state index contributed by atoms with van der Waals surface area (Å²) in [5.41, 5.74) is 0. The largest absolute Gasteiger partial charge is 0.481 e. The Labute approximate surface area is 130 Å². The Bertz CT molecular complexity index is 540. The quantitative estimate of drug-likeness (QED) is 0.842. The van der Waals surface area contributed by atoms with E-state index >= 15 is 0 Å². The second-order valence-corrected chi connectivity index (χ2v) is 6.83. The molecule has 0 fully saturated rings. The lowest BCUT2D eigenvalue weighted by atomic mass is 9.82. The fourth-order valence-electron chi connectivity index (χ4n) is 2.39. The van der Waals surface area contributed by atoms with E-state index in [-0.39, 0.29) is 5.91 Å². The second-order valence-electron chi connectivity index (χ2n) is 4.92. The number of carboxylic acids is 1. The minimum atomic E-state index is -0.889. The molecule has 2 rings (SSSR count). The fraction of sp³-hybridized carbons (Fsp3) is 0.429. The Morgan fingerprint density at radius 1 is 1.40 bits per heavy atom. The maximum atomic E-state index is 12.4. The van der Waals surface area contributed by atoms with Crippen molar-refractivity contribution in [3.63, 3.8) is 0 Å². The molecule has 4 nitrogen and oxygen atoms in total. The normalized spacial score (nSPS) is 21.7. The first kappa shape index (κ1) is 15.3. The topological polar surface area (TPSA) is 57.6 Å². The molecule has 0 bridgehead atoms.